The maximum absolute atomic E-state index is 13.1. The van der Waals surface area contributed by atoms with Gasteiger partial charge in [0.1, 0.15) is 11.3 Å². The minimum Gasteiger partial charge on any atom is -0.504 e. The molecule has 0 radical (unpaired) electrons. The molecule has 0 aromatic heterocycles. The molecule has 0 unspecified atom stereocenters. The third-order valence-electron chi connectivity index (χ3n) is 4.66. The molecule has 32 heavy (non-hydrogen) atoms. The van der Waals surface area contributed by atoms with Crippen molar-refractivity contribution in [1.29, 1.82) is 0 Å². The Kier molecular flexibility index (Phi) is 6.94. The van der Waals surface area contributed by atoms with E-state index in [1.54, 1.807) is 43.3 Å². The number of urea groups is 1. The summed E-state index contributed by atoms with van der Waals surface area (Å²) >= 11 is 0. The molecule has 2 aromatic carbocycles. The average molecular weight is 436 g/mol. The quantitative estimate of drug-likeness (QED) is 0.372. The van der Waals surface area contributed by atoms with Gasteiger partial charge in [-0.05, 0) is 68.3 Å². The van der Waals surface area contributed by atoms with Crippen molar-refractivity contribution >= 4 is 29.6 Å². The second kappa shape index (κ2) is 9.82. The predicted molar refractivity (Wildman–Crippen MR) is 120 cm³/mol. The van der Waals surface area contributed by atoms with Crippen LogP contribution in [0.2, 0.25) is 0 Å². The molecule has 0 atom stereocenters. The lowest BCUT2D eigenvalue weighted by Gasteiger charge is -2.26. The first-order chi connectivity index (χ1) is 15.4. The molecule has 2 N–H and O–H groups in total. The zero-order valence-electron chi connectivity index (χ0n) is 17.9. The lowest BCUT2D eigenvalue weighted by molar-refractivity contribution is -0.122. The number of nitrogens with one attached hydrogen (secondary N) is 1. The van der Waals surface area contributed by atoms with Gasteiger partial charge in [-0.25, -0.2) is 9.69 Å². The third-order valence-corrected chi connectivity index (χ3v) is 4.66. The highest BCUT2D eigenvalue weighted by atomic mass is 16.5. The van der Waals surface area contributed by atoms with Crippen molar-refractivity contribution in [2.75, 3.05) is 18.1 Å². The molecule has 8 heteroatoms. The van der Waals surface area contributed by atoms with Gasteiger partial charge in [0.15, 0.2) is 11.5 Å². The summed E-state index contributed by atoms with van der Waals surface area (Å²) in [6, 6.07) is 8.71. The Hall–Kier alpha value is -4.07. The fraction of sp³-hybridized carbons (Fsp3) is 0.208. The summed E-state index contributed by atoms with van der Waals surface area (Å²) in [6.45, 7) is 8.09. The number of rotatable bonds is 8. The smallest absolute Gasteiger partial charge is 0.335 e. The molecule has 0 saturated carbocycles. The van der Waals surface area contributed by atoms with Crippen LogP contribution in [0.25, 0.3) is 6.08 Å². The zero-order chi connectivity index (χ0) is 23.3. The van der Waals surface area contributed by atoms with Crippen LogP contribution in [0.5, 0.6) is 17.2 Å². The van der Waals surface area contributed by atoms with Crippen LogP contribution in [0.15, 0.2) is 54.6 Å². The molecular weight excluding hydrogens is 412 g/mol. The number of benzene rings is 2. The summed E-state index contributed by atoms with van der Waals surface area (Å²) < 4.78 is 10.9. The Labute approximate surface area is 185 Å². The standard InChI is InChI=1S/C24H24N2O6/c1-4-7-16-12-15(14-20(21(16)27)32-6-3)13-19-22(28)25-24(30)26(23(19)29)17-8-10-18(11-9-17)31-5-2/h4,8-14,27H,1,5-7H2,2-3H3,(H,25,28,30)/b19-13+. The fourth-order valence-corrected chi connectivity index (χ4v) is 3.27. The van der Waals surface area contributed by atoms with Crippen molar-refractivity contribution in [1.82, 2.24) is 5.32 Å². The number of hydrogen-bond donors (Lipinski definition) is 2. The van der Waals surface area contributed by atoms with Crippen LogP contribution in [0, 0.1) is 0 Å². The summed E-state index contributed by atoms with van der Waals surface area (Å²) in [5.41, 5.74) is 1.06. The molecule has 1 heterocycles. The molecule has 2 aromatic rings. The average Bonchev–Trinajstić information content (AvgIpc) is 2.76. The maximum atomic E-state index is 13.1. The Morgan fingerprint density at radius 1 is 1.06 bits per heavy atom. The number of carbonyl (C=O) groups excluding carboxylic acids is 3. The van der Waals surface area contributed by atoms with Gasteiger partial charge in [-0.3, -0.25) is 14.9 Å². The van der Waals surface area contributed by atoms with Crippen LogP contribution in [0.4, 0.5) is 10.5 Å². The van der Waals surface area contributed by atoms with Gasteiger partial charge in [0.05, 0.1) is 18.9 Å². The Morgan fingerprint density at radius 3 is 2.38 bits per heavy atom. The van der Waals surface area contributed by atoms with Gasteiger partial charge >= 0.3 is 6.03 Å². The van der Waals surface area contributed by atoms with E-state index in [0.29, 0.717) is 42.2 Å². The molecule has 0 bridgehead atoms. The summed E-state index contributed by atoms with van der Waals surface area (Å²) in [5, 5.41) is 12.6. The van der Waals surface area contributed by atoms with Crippen molar-refractivity contribution in [3.05, 3.63) is 65.8 Å². The zero-order valence-corrected chi connectivity index (χ0v) is 17.9. The van der Waals surface area contributed by atoms with Crippen LogP contribution < -0.4 is 19.7 Å². The van der Waals surface area contributed by atoms with Gasteiger partial charge in [-0.15, -0.1) is 6.58 Å². The monoisotopic (exact) mass is 436 g/mol. The third kappa shape index (κ3) is 4.64. The fourth-order valence-electron chi connectivity index (χ4n) is 3.27. The number of hydrogen-bond acceptors (Lipinski definition) is 6. The normalized spacial score (nSPS) is 15.0. The lowest BCUT2D eigenvalue weighted by atomic mass is 10.0. The summed E-state index contributed by atoms with van der Waals surface area (Å²) in [6.07, 6.45) is 3.34. The molecule has 8 nitrogen and oxygen atoms in total. The highest BCUT2D eigenvalue weighted by molar-refractivity contribution is 6.39. The molecule has 1 saturated heterocycles. The van der Waals surface area contributed by atoms with Crippen molar-refractivity contribution in [3.63, 3.8) is 0 Å². The van der Waals surface area contributed by atoms with Crippen LogP contribution in [-0.2, 0) is 16.0 Å². The van der Waals surface area contributed by atoms with E-state index in [9.17, 15) is 19.5 Å². The molecular formula is C24H24N2O6. The van der Waals surface area contributed by atoms with Crippen molar-refractivity contribution in [2.45, 2.75) is 20.3 Å². The lowest BCUT2D eigenvalue weighted by Crippen LogP contribution is -2.54. The number of aromatic hydroxyl groups is 1. The van der Waals surface area contributed by atoms with E-state index in [2.05, 4.69) is 11.9 Å². The second-order valence-corrected chi connectivity index (χ2v) is 6.84. The van der Waals surface area contributed by atoms with E-state index in [4.69, 9.17) is 9.47 Å². The van der Waals surface area contributed by atoms with Gasteiger partial charge in [-0.1, -0.05) is 6.08 Å². The number of imide groups is 2. The molecule has 1 fully saturated rings. The Balaban J connectivity index is 2.01. The maximum Gasteiger partial charge on any atom is 0.335 e. The van der Waals surface area contributed by atoms with E-state index in [0.717, 1.165) is 4.90 Å². The minimum atomic E-state index is -0.839. The molecule has 1 aliphatic rings. The van der Waals surface area contributed by atoms with Gasteiger partial charge in [0.2, 0.25) is 0 Å². The molecule has 166 valence electrons. The highest BCUT2D eigenvalue weighted by Crippen LogP contribution is 2.33. The molecule has 3 rings (SSSR count). The van der Waals surface area contributed by atoms with Crippen molar-refractivity contribution < 1.29 is 29.0 Å². The van der Waals surface area contributed by atoms with Crippen LogP contribution in [0.3, 0.4) is 0 Å². The van der Waals surface area contributed by atoms with Crippen LogP contribution in [-0.4, -0.2) is 36.2 Å². The molecule has 1 aliphatic heterocycles. The van der Waals surface area contributed by atoms with Crippen LogP contribution >= 0.6 is 0 Å². The SMILES string of the molecule is C=CCc1cc(/C=C2\C(=O)NC(=O)N(c3ccc(OCC)cc3)C2=O)cc(OCC)c1O. The molecule has 0 spiro atoms. The number of nitrogens with zero attached hydrogens (tertiary/aromatic N) is 1. The van der Waals surface area contributed by atoms with E-state index >= 15 is 0 Å². The largest absolute Gasteiger partial charge is 0.504 e. The van der Waals surface area contributed by atoms with Crippen LogP contribution in [0.1, 0.15) is 25.0 Å². The summed E-state index contributed by atoms with van der Waals surface area (Å²) in [7, 11) is 0. The van der Waals surface area contributed by atoms with E-state index in [1.165, 1.54) is 12.1 Å². The number of phenols is 1. The number of anilines is 1. The first-order valence-corrected chi connectivity index (χ1v) is 10.1. The van der Waals surface area contributed by atoms with Crippen molar-refractivity contribution in [2.24, 2.45) is 0 Å². The van der Waals surface area contributed by atoms with E-state index in [1.807, 2.05) is 6.92 Å². The van der Waals surface area contributed by atoms with Crippen molar-refractivity contribution in [3.8, 4) is 17.2 Å². The number of amides is 4. The van der Waals surface area contributed by atoms with Gasteiger partial charge in [-0.2, -0.15) is 0 Å². The first-order valence-electron chi connectivity index (χ1n) is 10.1. The molecule has 4 amide bonds. The van der Waals surface area contributed by atoms with E-state index < -0.39 is 17.8 Å². The second-order valence-electron chi connectivity index (χ2n) is 6.84. The topological polar surface area (TPSA) is 105 Å². The van der Waals surface area contributed by atoms with Gasteiger partial charge in [0.25, 0.3) is 11.8 Å². The number of phenolic OH excluding ortho intramolecular Hbond substituents is 1. The number of allylic oxidation sites excluding steroid dienone is 1. The summed E-state index contributed by atoms with van der Waals surface area (Å²) in [4.78, 5) is 38.8. The van der Waals surface area contributed by atoms with E-state index in [-0.39, 0.29) is 17.1 Å². The Bertz CT molecular complexity index is 1090. The predicted octanol–water partition coefficient (Wildman–Crippen LogP) is 3.58. The number of carbonyl (C=O) groups is 3. The minimum absolute atomic E-state index is 0.0282. The first kappa shape index (κ1) is 22.6. The van der Waals surface area contributed by atoms with Gasteiger partial charge in [0, 0.05) is 5.56 Å². The Morgan fingerprint density at radius 2 is 1.75 bits per heavy atom. The molecule has 0 aliphatic carbocycles. The highest BCUT2D eigenvalue weighted by Gasteiger charge is 2.36. The summed E-state index contributed by atoms with van der Waals surface area (Å²) in [5.74, 6) is -0.783. The number of ether oxygens (including phenoxy) is 2. The van der Waals surface area contributed by atoms with Gasteiger partial charge < -0.3 is 14.6 Å². The number of barbiturate groups is 1.